The number of H-pyrrole nitrogens is 2. The zero-order valence-corrected chi connectivity index (χ0v) is 12.6. The lowest BCUT2D eigenvalue weighted by molar-refractivity contribution is -0.116. The second kappa shape index (κ2) is 10.4. The maximum Gasteiger partial charge on any atom is 0.326 e. The standard InChI is InChI=1S/C13H15N3O4.C2H4O/c1-8(5-6-17)7-14-11(18)4-3-10-9(2)12(19)16-13(20)15-10;1-2-3/h3-6,17H,1,7H2,2H3,(H,14,18)(H2,15,16,19,20);2-3H,1H2/b4-3+,6-5+;. The van der Waals surface area contributed by atoms with Crippen molar-refractivity contribution in [3.63, 3.8) is 0 Å². The summed E-state index contributed by atoms with van der Waals surface area (Å²) < 4.78 is 0. The van der Waals surface area contributed by atoms with E-state index in [1.165, 1.54) is 25.2 Å². The lowest BCUT2D eigenvalue weighted by Crippen LogP contribution is -2.26. The maximum absolute atomic E-state index is 11.5. The Kier molecular flexibility index (Phi) is 8.95. The third-order valence-corrected chi connectivity index (χ3v) is 2.42. The van der Waals surface area contributed by atoms with E-state index in [1.54, 1.807) is 0 Å². The molecule has 1 amide bonds. The smallest absolute Gasteiger partial charge is 0.326 e. The molecule has 124 valence electrons. The van der Waals surface area contributed by atoms with E-state index in [0.717, 1.165) is 12.5 Å². The van der Waals surface area contributed by atoms with Crippen molar-refractivity contribution in [3.05, 3.63) is 75.5 Å². The largest absolute Gasteiger partial charge is 0.516 e. The fourth-order valence-electron chi connectivity index (χ4n) is 1.32. The summed E-state index contributed by atoms with van der Waals surface area (Å²) in [7, 11) is 0. The average Bonchev–Trinajstić information content (AvgIpc) is 2.48. The summed E-state index contributed by atoms with van der Waals surface area (Å²) >= 11 is 0. The van der Waals surface area contributed by atoms with Crippen molar-refractivity contribution in [2.75, 3.05) is 6.54 Å². The quantitative estimate of drug-likeness (QED) is 0.311. The summed E-state index contributed by atoms with van der Waals surface area (Å²) in [5.41, 5.74) is -0.0448. The third-order valence-electron chi connectivity index (χ3n) is 2.42. The Morgan fingerprint density at radius 3 is 2.43 bits per heavy atom. The first-order valence-electron chi connectivity index (χ1n) is 6.38. The molecule has 0 saturated carbocycles. The van der Waals surface area contributed by atoms with Crippen LogP contribution in [0.15, 0.2) is 53.0 Å². The summed E-state index contributed by atoms with van der Waals surface area (Å²) in [5, 5.41) is 18.4. The van der Waals surface area contributed by atoms with Gasteiger partial charge in [0, 0.05) is 18.2 Å². The molecule has 0 fully saturated rings. The third kappa shape index (κ3) is 7.90. The van der Waals surface area contributed by atoms with Crippen molar-refractivity contribution in [2.24, 2.45) is 0 Å². The highest BCUT2D eigenvalue weighted by molar-refractivity contribution is 5.91. The van der Waals surface area contributed by atoms with Crippen LogP contribution in [0.25, 0.3) is 6.08 Å². The topological polar surface area (TPSA) is 135 Å². The van der Waals surface area contributed by atoms with Crippen molar-refractivity contribution in [1.82, 2.24) is 15.3 Å². The zero-order valence-electron chi connectivity index (χ0n) is 12.6. The predicted molar refractivity (Wildman–Crippen MR) is 88.2 cm³/mol. The summed E-state index contributed by atoms with van der Waals surface area (Å²) in [4.78, 5) is 38.4. The Hall–Kier alpha value is -3.29. The maximum atomic E-state index is 11.5. The van der Waals surface area contributed by atoms with Crippen LogP contribution >= 0.6 is 0 Å². The summed E-state index contributed by atoms with van der Waals surface area (Å²) in [5.74, 6) is -0.418. The van der Waals surface area contributed by atoms with Crippen molar-refractivity contribution in [1.29, 1.82) is 0 Å². The number of aromatic amines is 2. The molecule has 23 heavy (non-hydrogen) atoms. The number of carbonyl (C=O) groups is 1. The number of aliphatic hydroxyl groups excluding tert-OH is 2. The second-order valence-electron chi connectivity index (χ2n) is 4.15. The van der Waals surface area contributed by atoms with Crippen LogP contribution in [0, 0.1) is 6.92 Å². The zero-order chi connectivity index (χ0) is 17.8. The van der Waals surface area contributed by atoms with Gasteiger partial charge in [0.05, 0.1) is 18.2 Å². The number of nitrogens with one attached hydrogen (secondary N) is 3. The van der Waals surface area contributed by atoms with Crippen molar-refractivity contribution in [3.8, 4) is 0 Å². The van der Waals surface area contributed by atoms with E-state index >= 15 is 0 Å². The predicted octanol–water partition coefficient (Wildman–Crippen LogP) is 0.817. The van der Waals surface area contributed by atoms with Crippen LogP contribution in [0.5, 0.6) is 0 Å². The molecule has 1 aromatic heterocycles. The lowest BCUT2D eigenvalue weighted by Gasteiger charge is -2.01. The van der Waals surface area contributed by atoms with Crippen LogP contribution in [0.1, 0.15) is 11.3 Å². The summed E-state index contributed by atoms with van der Waals surface area (Å²) in [6, 6.07) is 0. The van der Waals surface area contributed by atoms with Crippen LogP contribution in [0.3, 0.4) is 0 Å². The Balaban J connectivity index is 0.00000149. The minimum Gasteiger partial charge on any atom is -0.516 e. The van der Waals surface area contributed by atoms with Crippen LogP contribution < -0.4 is 16.6 Å². The van der Waals surface area contributed by atoms with E-state index < -0.39 is 17.2 Å². The second-order valence-corrected chi connectivity index (χ2v) is 4.15. The molecule has 0 aromatic carbocycles. The molecule has 0 unspecified atom stereocenters. The van der Waals surface area contributed by atoms with Crippen molar-refractivity contribution in [2.45, 2.75) is 6.92 Å². The SMILES string of the molecule is C=C(/C=C/O)CNC(=O)/C=C/c1[nH]c(=O)[nH]c(=O)c1C.C=CO. The minimum absolute atomic E-state index is 0.172. The first-order chi connectivity index (χ1) is 10.8. The highest BCUT2D eigenvalue weighted by Gasteiger charge is 2.02. The summed E-state index contributed by atoms with van der Waals surface area (Å²) in [6.07, 6.45) is 5.46. The monoisotopic (exact) mass is 321 g/mol. The molecule has 0 atom stereocenters. The van der Waals surface area contributed by atoms with Crippen molar-refractivity contribution >= 4 is 12.0 Å². The van der Waals surface area contributed by atoms with Crippen LogP contribution in [-0.2, 0) is 4.79 Å². The Bertz CT molecular complexity index is 725. The molecule has 8 nitrogen and oxygen atoms in total. The lowest BCUT2D eigenvalue weighted by atomic mass is 10.2. The molecule has 5 N–H and O–H groups in total. The fraction of sp³-hybridized carbons (Fsp3) is 0.133. The van der Waals surface area contributed by atoms with E-state index in [2.05, 4.69) is 28.4 Å². The van der Waals surface area contributed by atoms with Gasteiger partial charge in [-0.3, -0.25) is 14.6 Å². The molecule has 0 aliphatic rings. The van der Waals surface area contributed by atoms with E-state index in [-0.39, 0.29) is 12.2 Å². The Morgan fingerprint density at radius 1 is 1.26 bits per heavy atom. The Labute approximate surface area is 132 Å². The van der Waals surface area contributed by atoms with Gasteiger partial charge in [-0.15, -0.1) is 0 Å². The van der Waals surface area contributed by atoms with E-state index in [1.807, 2.05) is 0 Å². The molecule has 0 aliphatic carbocycles. The molecule has 0 spiro atoms. The average molecular weight is 321 g/mol. The number of rotatable bonds is 5. The molecular weight excluding hydrogens is 302 g/mol. The van der Waals surface area contributed by atoms with E-state index in [9.17, 15) is 14.4 Å². The van der Waals surface area contributed by atoms with Gasteiger partial charge in [0.25, 0.3) is 5.56 Å². The molecule has 0 radical (unpaired) electrons. The van der Waals surface area contributed by atoms with Gasteiger partial charge in [0.1, 0.15) is 0 Å². The number of hydrogen-bond donors (Lipinski definition) is 5. The van der Waals surface area contributed by atoms with Crippen LogP contribution in [0.2, 0.25) is 0 Å². The van der Waals surface area contributed by atoms with E-state index in [4.69, 9.17) is 10.2 Å². The highest BCUT2D eigenvalue weighted by atomic mass is 16.2. The van der Waals surface area contributed by atoms with Gasteiger partial charge in [-0.25, -0.2) is 4.79 Å². The molecule has 0 aliphatic heterocycles. The fourth-order valence-corrected chi connectivity index (χ4v) is 1.32. The Morgan fingerprint density at radius 2 is 1.87 bits per heavy atom. The van der Waals surface area contributed by atoms with Gasteiger partial charge in [-0.2, -0.15) is 0 Å². The molecule has 1 aromatic rings. The number of aliphatic hydroxyl groups is 2. The first-order valence-corrected chi connectivity index (χ1v) is 6.38. The molecule has 1 rings (SSSR count). The van der Waals surface area contributed by atoms with Gasteiger partial charge < -0.3 is 20.5 Å². The van der Waals surface area contributed by atoms with Gasteiger partial charge in [-0.05, 0) is 24.6 Å². The van der Waals surface area contributed by atoms with Gasteiger partial charge in [-0.1, -0.05) is 13.2 Å². The summed E-state index contributed by atoms with van der Waals surface area (Å²) in [6.45, 7) is 8.21. The number of carbonyl (C=O) groups excluding carboxylic acids is 1. The first kappa shape index (κ1) is 19.7. The van der Waals surface area contributed by atoms with E-state index in [0.29, 0.717) is 11.1 Å². The van der Waals surface area contributed by atoms with Crippen LogP contribution in [0.4, 0.5) is 0 Å². The highest BCUT2D eigenvalue weighted by Crippen LogP contribution is 1.98. The number of amides is 1. The normalized spacial score (nSPS) is 10.1. The van der Waals surface area contributed by atoms with Gasteiger partial charge >= 0.3 is 5.69 Å². The molecule has 0 saturated heterocycles. The molecule has 1 heterocycles. The van der Waals surface area contributed by atoms with Crippen molar-refractivity contribution < 1.29 is 15.0 Å². The van der Waals surface area contributed by atoms with Crippen LogP contribution in [-0.4, -0.2) is 32.6 Å². The van der Waals surface area contributed by atoms with Gasteiger partial charge in [0.2, 0.25) is 5.91 Å². The number of hydrogen-bond acceptors (Lipinski definition) is 5. The number of aromatic nitrogens is 2. The molecular formula is C15H19N3O5. The molecule has 8 heteroatoms. The van der Waals surface area contributed by atoms with Gasteiger partial charge in [0.15, 0.2) is 0 Å². The molecule has 0 bridgehead atoms. The minimum atomic E-state index is -0.637.